The SMILES string of the molecule is CC(=O)OC1C(N2CCCCC2)c2cc3nonc3cc2OC1(C)C. The van der Waals surface area contributed by atoms with E-state index in [0.717, 1.165) is 37.2 Å². The lowest BCUT2D eigenvalue weighted by molar-refractivity contribution is -0.169. The monoisotopic (exact) mass is 345 g/mol. The number of benzene rings is 1. The van der Waals surface area contributed by atoms with E-state index in [1.807, 2.05) is 26.0 Å². The van der Waals surface area contributed by atoms with E-state index in [9.17, 15) is 4.79 Å². The first-order valence-electron chi connectivity index (χ1n) is 8.82. The summed E-state index contributed by atoms with van der Waals surface area (Å²) in [7, 11) is 0. The third kappa shape index (κ3) is 2.86. The first kappa shape index (κ1) is 16.3. The minimum Gasteiger partial charge on any atom is -0.483 e. The van der Waals surface area contributed by atoms with E-state index in [0.29, 0.717) is 11.0 Å². The Morgan fingerprint density at radius 3 is 2.56 bits per heavy atom. The predicted molar refractivity (Wildman–Crippen MR) is 90.2 cm³/mol. The number of carbonyl (C=O) groups is 1. The molecule has 0 saturated carbocycles. The van der Waals surface area contributed by atoms with Crippen molar-refractivity contribution in [2.75, 3.05) is 13.1 Å². The summed E-state index contributed by atoms with van der Waals surface area (Å²) in [6.07, 6.45) is 3.13. The second-order valence-electron chi connectivity index (χ2n) is 7.42. The van der Waals surface area contributed by atoms with Crippen molar-refractivity contribution in [1.82, 2.24) is 15.2 Å². The molecule has 1 fully saturated rings. The van der Waals surface area contributed by atoms with Gasteiger partial charge in [0, 0.05) is 18.6 Å². The van der Waals surface area contributed by atoms with Crippen molar-refractivity contribution >= 4 is 17.0 Å². The van der Waals surface area contributed by atoms with Gasteiger partial charge in [0.1, 0.15) is 22.4 Å². The Balaban J connectivity index is 1.85. The van der Waals surface area contributed by atoms with E-state index in [2.05, 4.69) is 15.2 Å². The fraction of sp³-hybridized carbons (Fsp3) is 0.611. The van der Waals surface area contributed by atoms with Gasteiger partial charge in [-0.3, -0.25) is 9.69 Å². The number of rotatable bonds is 2. The Labute approximate surface area is 146 Å². The predicted octanol–water partition coefficient (Wildman–Crippen LogP) is 2.85. The van der Waals surface area contributed by atoms with Crippen LogP contribution in [0.15, 0.2) is 16.8 Å². The van der Waals surface area contributed by atoms with E-state index in [4.69, 9.17) is 14.1 Å². The van der Waals surface area contributed by atoms with Gasteiger partial charge in [-0.1, -0.05) is 6.42 Å². The van der Waals surface area contributed by atoms with Gasteiger partial charge in [0.25, 0.3) is 0 Å². The number of piperidine rings is 1. The van der Waals surface area contributed by atoms with Crippen molar-refractivity contribution in [2.24, 2.45) is 0 Å². The summed E-state index contributed by atoms with van der Waals surface area (Å²) in [5.41, 5.74) is 1.69. The second-order valence-corrected chi connectivity index (χ2v) is 7.42. The molecule has 4 rings (SSSR count). The van der Waals surface area contributed by atoms with E-state index in [1.54, 1.807) is 0 Å². The van der Waals surface area contributed by atoms with Crippen LogP contribution in [0.25, 0.3) is 11.0 Å². The van der Waals surface area contributed by atoms with Gasteiger partial charge >= 0.3 is 5.97 Å². The second kappa shape index (κ2) is 5.98. The number of carbonyl (C=O) groups excluding carboxylic acids is 1. The molecule has 1 aromatic heterocycles. The molecule has 2 unspecified atom stereocenters. The maximum Gasteiger partial charge on any atom is 0.303 e. The van der Waals surface area contributed by atoms with Crippen molar-refractivity contribution < 1.29 is 18.9 Å². The highest BCUT2D eigenvalue weighted by molar-refractivity contribution is 5.77. The Morgan fingerprint density at radius 1 is 1.20 bits per heavy atom. The van der Waals surface area contributed by atoms with E-state index in [-0.39, 0.29) is 12.0 Å². The first-order chi connectivity index (χ1) is 12.0. The fourth-order valence-corrected chi connectivity index (χ4v) is 4.00. The third-order valence-electron chi connectivity index (χ3n) is 5.13. The summed E-state index contributed by atoms with van der Waals surface area (Å²) in [5.74, 6) is 0.462. The molecule has 0 N–H and O–H groups in total. The zero-order valence-electron chi connectivity index (χ0n) is 14.8. The van der Waals surface area contributed by atoms with Gasteiger partial charge in [-0.2, -0.15) is 0 Å². The molecule has 0 spiro atoms. The molecule has 25 heavy (non-hydrogen) atoms. The smallest absolute Gasteiger partial charge is 0.303 e. The molecule has 7 nitrogen and oxygen atoms in total. The lowest BCUT2D eigenvalue weighted by Crippen LogP contribution is -2.56. The number of hydrogen-bond acceptors (Lipinski definition) is 7. The largest absolute Gasteiger partial charge is 0.483 e. The Kier molecular flexibility index (Phi) is 3.91. The van der Waals surface area contributed by atoms with Crippen molar-refractivity contribution in [2.45, 2.75) is 57.8 Å². The molecule has 7 heteroatoms. The molecular weight excluding hydrogens is 322 g/mol. The molecule has 134 valence electrons. The van der Waals surface area contributed by atoms with Crippen LogP contribution < -0.4 is 4.74 Å². The van der Waals surface area contributed by atoms with Gasteiger partial charge in [-0.05, 0) is 56.2 Å². The molecule has 0 radical (unpaired) electrons. The van der Waals surface area contributed by atoms with Crippen molar-refractivity contribution in [3.63, 3.8) is 0 Å². The van der Waals surface area contributed by atoms with Crippen LogP contribution in [0.4, 0.5) is 0 Å². The summed E-state index contributed by atoms with van der Waals surface area (Å²) in [5, 5.41) is 7.88. The van der Waals surface area contributed by atoms with Gasteiger partial charge in [-0.15, -0.1) is 0 Å². The van der Waals surface area contributed by atoms with Crippen molar-refractivity contribution in [3.05, 3.63) is 17.7 Å². The molecule has 1 aromatic carbocycles. The summed E-state index contributed by atoms with van der Waals surface area (Å²) in [4.78, 5) is 14.2. The van der Waals surface area contributed by atoms with Crippen LogP contribution in [0.1, 0.15) is 51.6 Å². The topological polar surface area (TPSA) is 77.7 Å². The van der Waals surface area contributed by atoms with Crippen LogP contribution in [0.2, 0.25) is 0 Å². The van der Waals surface area contributed by atoms with Gasteiger partial charge in [0.15, 0.2) is 6.10 Å². The highest BCUT2D eigenvalue weighted by Gasteiger charge is 2.49. The highest BCUT2D eigenvalue weighted by atomic mass is 16.6. The average Bonchev–Trinajstić information content (AvgIpc) is 3.01. The zero-order valence-corrected chi connectivity index (χ0v) is 14.8. The molecule has 2 aliphatic heterocycles. The Morgan fingerprint density at radius 2 is 1.88 bits per heavy atom. The number of ether oxygens (including phenoxy) is 2. The van der Waals surface area contributed by atoms with Gasteiger partial charge in [-0.25, -0.2) is 4.63 Å². The highest BCUT2D eigenvalue weighted by Crippen LogP contribution is 2.46. The number of fused-ring (bicyclic) bond motifs is 2. The van der Waals surface area contributed by atoms with Crippen LogP contribution in [-0.2, 0) is 9.53 Å². The fourth-order valence-electron chi connectivity index (χ4n) is 4.00. The van der Waals surface area contributed by atoms with Gasteiger partial charge in [0.2, 0.25) is 0 Å². The summed E-state index contributed by atoms with van der Waals surface area (Å²) in [6, 6.07) is 3.75. The molecule has 2 aromatic rings. The number of esters is 1. The van der Waals surface area contributed by atoms with E-state index >= 15 is 0 Å². The summed E-state index contributed by atoms with van der Waals surface area (Å²) < 4.78 is 16.8. The third-order valence-corrected chi connectivity index (χ3v) is 5.13. The summed E-state index contributed by atoms with van der Waals surface area (Å²) in [6.45, 7) is 7.33. The van der Waals surface area contributed by atoms with Crippen LogP contribution in [0.3, 0.4) is 0 Å². The average molecular weight is 345 g/mol. The molecule has 0 amide bonds. The molecular formula is C18H23N3O4. The molecule has 1 saturated heterocycles. The van der Waals surface area contributed by atoms with Gasteiger partial charge < -0.3 is 9.47 Å². The van der Waals surface area contributed by atoms with Crippen LogP contribution in [0, 0.1) is 0 Å². The van der Waals surface area contributed by atoms with E-state index < -0.39 is 11.7 Å². The first-order valence-corrected chi connectivity index (χ1v) is 8.82. The normalized spacial score (nSPS) is 26.0. The number of likely N-dealkylation sites (tertiary alicyclic amines) is 1. The van der Waals surface area contributed by atoms with Gasteiger partial charge in [0.05, 0.1) is 6.04 Å². The number of nitrogens with zero attached hydrogens (tertiary/aromatic N) is 3. The standard InChI is InChI=1S/C18H23N3O4/c1-11(22)23-17-16(21-7-5-4-6-8-21)12-9-13-14(20-25-19-13)10-15(12)24-18(17,2)3/h9-10,16-17H,4-8H2,1-3H3. The number of hydrogen-bond donors (Lipinski definition) is 0. The minimum absolute atomic E-state index is 0.0657. The van der Waals surface area contributed by atoms with E-state index in [1.165, 1.54) is 13.3 Å². The van der Waals surface area contributed by atoms with Crippen LogP contribution >= 0.6 is 0 Å². The molecule has 0 aliphatic carbocycles. The Hall–Kier alpha value is -2.15. The maximum absolute atomic E-state index is 11.8. The lowest BCUT2D eigenvalue weighted by Gasteiger charge is -2.48. The van der Waals surface area contributed by atoms with Crippen molar-refractivity contribution in [3.8, 4) is 5.75 Å². The Bertz CT molecular complexity index is 795. The molecule has 3 heterocycles. The van der Waals surface area contributed by atoms with Crippen LogP contribution in [-0.4, -0.2) is 46.0 Å². The summed E-state index contributed by atoms with van der Waals surface area (Å²) >= 11 is 0. The minimum atomic E-state index is -0.647. The zero-order chi connectivity index (χ0) is 17.6. The quantitative estimate of drug-likeness (QED) is 0.774. The number of aromatic nitrogens is 2. The molecule has 2 aliphatic rings. The van der Waals surface area contributed by atoms with Crippen LogP contribution in [0.5, 0.6) is 5.75 Å². The molecule has 0 bridgehead atoms. The maximum atomic E-state index is 11.8. The molecule has 2 atom stereocenters. The lowest BCUT2D eigenvalue weighted by atomic mass is 9.84. The van der Waals surface area contributed by atoms with Crippen molar-refractivity contribution in [1.29, 1.82) is 0 Å².